The van der Waals surface area contributed by atoms with Crippen LogP contribution in [0.15, 0.2) is 30.5 Å². The highest BCUT2D eigenvalue weighted by Gasteiger charge is 2.25. The van der Waals surface area contributed by atoms with E-state index in [4.69, 9.17) is 10.5 Å². The summed E-state index contributed by atoms with van der Waals surface area (Å²) < 4.78 is 10.9. The maximum absolute atomic E-state index is 11.9. The molecule has 2 N–H and O–H groups in total. The number of ether oxygens (including phenoxy) is 2. The topological polar surface area (TPSA) is 101 Å². The van der Waals surface area contributed by atoms with Gasteiger partial charge in [-0.25, -0.2) is 9.59 Å². The van der Waals surface area contributed by atoms with E-state index in [0.29, 0.717) is 12.0 Å². The highest BCUT2D eigenvalue weighted by atomic mass is 16.7. The Kier molecular flexibility index (Phi) is 5.04. The quantitative estimate of drug-likeness (QED) is 0.522. The largest absolute Gasteiger partial charge is 0.516 e. The van der Waals surface area contributed by atoms with Crippen molar-refractivity contribution in [1.82, 2.24) is 4.57 Å². The van der Waals surface area contributed by atoms with E-state index in [1.165, 1.54) is 4.57 Å². The van der Waals surface area contributed by atoms with E-state index >= 15 is 0 Å². The second kappa shape index (κ2) is 6.84. The van der Waals surface area contributed by atoms with Crippen molar-refractivity contribution in [2.75, 3.05) is 0 Å². The molecule has 24 heavy (non-hydrogen) atoms. The smallest absolute Gasteiger partial charge is 0.428 e. The zero-order valence-electron chi connectivity index (χ0n) is 13.8. The molecule has 0 radical (unpaired) electrons. The zero-order valence-corrected chi connectivity index (χ0v) is 13.8. The number of carbonyl (C=O) groups is 3. The van der Waals surface area contributed by atoms with Gasteiger partial charge >= 0.3 is 12.1 Å². The number of esters is 1. The van der Waals surface area contributed by atoms with Crippen molar-refractivity contribution in [3.8, 4) is 0 Å². The molecule has 2 aromatic rings. The van der Waals surface area contributed by atoms with Crippen LogP contribution in [0.4, 0.5) is 4.79 Å². The van der Waals surface area contributed by atoms with E-state index in [1.54, 1.807) is 33.0 Å². The molecule has 1 aromatic carbocycles. The third-order valence-corrected chi connectivity index (χ3v) is 3.25. The number of fused-ring (bicyclic) bond motifs is 1. The predicted octanol–water partition coefficient (Wildman–Crippen LogP) is 2.03. The molecule has 0 fully saturated rings. The fourth-order valence-corrected chi connectivity index (χ4v) is 2.28. The van der Waals surface area contributed by atoms with Crippen LogP contribution in [0, 0.1) is 0 Å². The lowest BCUT2D eigenvalue weighted by atomic mass is 10.1. The van der Waals surface area contributed by atoms with Crippen LogP contribution in [0.1, 0.15) is 26.3 Å². The van der Waals surface area contributed by atoms with E-state index in [9.17, 15) is 14.4 Å². The van der Waals surface area contributed by atoms with Gasteiger partial charge in [0.25, 0.3) is 0 Å². The molecular weight excluding hydrogens is 312 g/mol. The summed E-state index contributed by atoms with van der Waals surface area (Å²) in [5.41, 5.74) is 6.49. The van der Waals surface area contributed by atoms with Crippen LogP contribution in [-0.4, -0.2) is 34.7 Å². The van der Waals surface area contributed by atoms with Crippen molar-refractivity contribution >= 4 is 29.4 Å². The van der Waals surface area contributed by atoms with E-state index < -0.39 is 23.8 Å². The van der Waals surface area contributed by atoms with Crippen molar-refractivity contribution in [2.24, 2.45) is 5.73 Å². The van der Waals surface area contributed by atoms with E-state index in [1.807, 2.05) is 18.2 Å². The fourth-order valence-electron chi connectivity index (χ4n) is 2.28. The minimum absolute atomic E-state index is 0.128. The second-order valence-corrected chi connectivity index (χ2v) is 6.38. The highest BCUT2D eigenvalue weighted by molar-refractivity contribution is 5.90. The third kappa shape index (κ3) is 4.20. The van der Waals surface area contributed by atoms with Crippen LogP contribution >= 0.6 is 0 Å². The van der Waals surface area contributed by atoms with Crippen LogP contribution in [0.3, 0.4) is 0 Å². The highest BCUT2D eigenvalue weighted by Crippen LogP contribution is 2.21. The summed E-state index contributed by atoms with van der Waals surface area (Å²) >= 11 is 0. The predicted molar refractivity (Wildman–Crippen MR) is 88.1 cm³/mol. The third-order valence-electron chi connectivity index (χ3n) is 3.25. The molecule has 1 aromatic heterocycles. The molecule has 0 aliphatic heterocycles. The number of rotatable bonds is 4. The SMILES string of the molecule is CC(C)(C)OC(=O)OC(=O)[C@H](N)Cc1cn(C=O)c2ccccc12. The van der Waals surface area contributed by atoms with Gasteiger partial charge in [0.15, 0.2) is 0 Å². The van der Waals surface area contributed by atoms with Gasteiger partial charge in [-0.15, -0.1) is 0 Å². The maximum Gasteiger partial charge on any atom is 0.516 e. The maximum atomic E-state index is 11.9. The molecule has 0 aliphatic carbocycles. The first kappa shape index (κ1) is 17.7. The number of carbonyl (C=O) groups excluding carboxylic acids is 3. The van der Waals surface area contributed by atoms with Crippen LogP contribution < -0.4 is 5.73 Å². The van der Waals surface area contributed by atoms with Crippen molar-refractivity contribution in [2.45, 2.75) is 38.8 Å². The number of aromatic nitrogens is 1. The molecule has 0 spiro atoms. The zero-order chi connectivity index (χ0) is 17.9. The number of hydrogen-bond acceptors (Lipinski definition) is 6. The fraction of sp³-hybridized carbons (Fsp3) is 0.353. The first-order valence-electron chi connectivity index (χ1n) is 7.45. The average Bonchev–Trinajstić information content (AvgIpc) is 2.83. The minimum Gasteiger partial charge on any atom is -0.428 e. The normalized spacial score (nSPS) is 12.7. The molecule has 7 heteroatoms. The number of benzene rings is 1. The molecular formula is C17H20N2O5. The van der Waals surface area contributed by atoms with Gasteiger partial charge in [-0.3, -0.25) is 9.36 Å². The Morgan fingerprint density at radius 2 is 1.96 bits per heavy atom. The molecule has 0 bridgehead atoms. The molecule has 0 saturated carbocycles. The molecule has 7 nitrogen and oxygen atoms in total. The second-order valence-electron chi connectivity index (χ2n) is 6.38. The van der Waals surface area contributed by atoms with Crippen molar-refractivity contribution in [3.05, 3.63) is 36.0 Å². The summed E-state index contributed by atoms with van der Waals surface area (Å²) in [6, 6.07) is 6.20. The Balaban J connectivity index is 2.09. The summed E-state index contributed by atoms with van der Waals surface area (Å²) in [7, 11) is 0. The van der Waals surface area contributed by atoms with Crippen molar-refractivity contribution in [1.29, 1.82) is 0 Å². The van der Waals surface area contributed by atoms with Gasteiger partial charge in [0.1, 0.15) is 11.6 Å². The van der Waals surface area contributed by atoms with Crippen LogP contribution in [0.5, 0.6) is 0 Å². The first-order valence-corrected chi connectivity index (χ1v) is 7.45. The molecule has 0 saturated heterocycles. The van der Waals surface area contributed by atoms with Crippen LogP contribution in [0.2, 0.25) is 0 Å². The number of para-hydroxylation sites is 1. The van der Waals surface area contributed by atoms with E-state index in [0.717, 1.165) is 10.9 Å². The minimum atomic E-state index is -1.08. The number of nitrogens with two attached hydrogens (primary N) is 1. The molecule has 2 rings (SSSR count). The first-order chi connectivity index (χ1) is 11.2. The van der Waals surface area contributed by atoms with Gasteiger partial charge in [-0.1, -0.05) is 18.2 Å². The standard InChI is InChI=1S/C17H20N2O5/c1-17(2,3)24-16(22)23-15(21)13(18)8-11-9-19(10-20)14-7-5-4-6-12(11)14/h4-7,9-10,13H,8,18H2,1-3H3/t13-/m1/s1. The summed E-state index contributed by atoms with van der Waals surface area (Å²) in [5, 5.41) is 0.810. The molecule has 128 valence electrons. The Bertz CT molecular complexity index is 773. The van der Waals surface area contributed by atoms with E-state index in [2.05, 4.69) is 4.74 Å². The summed E-state index contributed by atoms with van der Waals surface area (Å²) in [6.45, 7) is 4.98. The lowest BCUT2D eigenvalue weighted by Gasteiger charge is -2.19. The van der Waals surface area contributed by atoms with Crippen molar-refractivity contribution < 1.29 is 23.9 Å². The molecule has 1 atom stereocenters. The van der Waals surface area contributed by atoms with Crippen molar-refractivity contribution in [3.63, 3.8) is 0 Å². The Morgan fingerprint density at radius 3 is 2.58 bits per heavy atom. The van der Waals surface area contributed by atoms with Crippen LogP contribution in [0.25, 0.3) is 10.9 Å². The number of nitrogens with zero attached hydrogens (tertiary/aromatic N) is 1. The monoisotopic (exact) mass is 332 g/mol. The summed E-state index contributed by atoms with van der Waals surface area (Å²) in [5.74, 6) is -0.882. The van der Waals surface area contributed by atoms with Gasteiger partial charge in [0.2, 0.25) is 6.41 Å². The van der Waals surface area contributed by atoms with Gasteiger partial charge in [0.05, 0.1) is 5.52 Å². The Hall–Kier alpha value is -2.67. The molecule has 0 amide bonds. The van der Waals surface area contributed by atoms with Crippen LogP contribution in [-0.2, 0) is 25.5 Å². The average molecular weight is 332 g/mol. The summed E-state index contributed by atoms with van der Waals surface area (Å²) in [4.78, 5) is 34.6. The lowest BCUT2D eigenvalue weighted by Crippen LogP contribution is -2.37. The van der Waals surface area contributed by atoms with Gasteiger partial charge < -0.3 is 15.2 Å². The molecule has 0 unspecified atom stereocenters. The van der Waals surface area contributed by atoms with Gasteiger partial charge in [-0.05, 0) is 32.4 Å². The molecule has 0 aliphatic rings. The van der Waals surface area contributed by atoms with Gasteiger partial charge in [0, 0.05) is 18.0 Å². The Labute approximate surface area is 139 Å². The van der Waals surface area contributed by atoms with Gasteiger partial charge in [-0.2, -0.15) is 0 Å². The lowest BCUT2D eigenvalue weighted by molar-refractivity contribution is -0.142. The number of hydrogen-bond donors (Lipinski definition) is 1. The van der Waals surface area contributed by atoms with E-state index in [-0.39, 0.29) is 6.42 Å². The summed E-state index contributed by atoms with van der Waals surface area (Å²) in [6.07, 6.45) is 1.33. The molecule has 1 heterocycles. The Morgan fingerprint density at radius 1 is 1.29 bits per heavy atom.